The second kappa shape index (κ2) is 8.29. The molecule has 1 aliphatic heterocycles. The Labute approximate surface area is 172 Å². The second-order valence-electron chi connectivity index (χ2n) is 6.99. The zero-order valence-corrected chi connectivity index (χ0v) is 15.7. The van der Waals surface area contributed by atoms with Gasteiger partial charge in [0.2, 0.25) is 0 Å². The molecule has 0 saturated carbocycles. The van der Waals surface area contributed by atoms with Crippen LogP contribution in [0, 0.1) is 17.5 Å². The average molecular weight is 442 g/mol. The molecule has 3 aromatic rings. The van der Waals surface area contributed by atoms with Crippen molar-refractivity contribution < 1.29 is 26.3 Å². The van der Waals surface area contributed by atoms with Crippen LogP contribution in [0.25, 0.3) is 11.4 Å². The number of pyridine rings is 1. The number of aromatic nitrogens is 3. The highest BCUT2D eigenvalue weighted by Crippen LogP contribution is 2.32. The molecule has 1 aromatic carbocycles. The van der Waals surface area contributed by atoms with Gasteiger partial charge in [-0.1, -0.05) is 0 Å². The molecule has 2 aromatic heterocycles. The standard InChI is InChI=1S/C19H16F6N6/c20-12-7-14(22)13(21)5-10(12)2-4-31-8-16(27-9-31)15-6-11(1-3-26-15)17-18(19(23,24)25)29-30-28-17/h1,3,5-9,17-18,28-30H,2,4H2. The predicted molar refractivity (Wildman–Crippen MR) is 97.5 cm³/mol. The average Bonchev–Trinajstić information content (AvgIpc) is 3.39. The van der Waals surface area contributed by atoms with Gasteiger partial charge in [0.1, 0.15) is 17.6 Å². The first-order valence-corrected chi connectivity index (χ1v) is 9.16. The Kier molecular flexibility index (Phi) is 5.69. The number of aryl methyl sites for hydroxylation is 2. The van der Waals surface area contributed by atoms with Gasteiger partial charge in [-0.3, -0.25) is 4.98 Å². The minimum absolute atomic E-state index is 0.0137. The number of benzene rings is 1. The first kappa shape index (κ1) is 21.3. The van der Waals surface area contributed by atoms with E-state index in [1.54, 1.807) is 10.8 Å². The van der Waals surface area contributed by atoms with Crippen LogP contribution < -0.4 is 16.4 Å². The van der Waals surface area contributed by atoms with E-state index in [-0.39, 0.29) is 18.5 Å². The molecule has 0 radical (unpaired) electrons. The summed E-state index contributed by atoms with van der Waals surface area (Å²) in [6, 6.07) is 1.37. The molecule has 2 atom stereocenters. The fourth-order valence-corrected chi connectivity index (χ4v) is 3.31. The van der Waals surface area contributed by atoms with Gasteiger partial charge in [-0.2, -0.15) is 18.7 Å². The fourth-order valence-electron chi connectivity index (χ4n) is 3.31. The van der Waals surface area contributed by atoms with Crippen LogP contribution in [0.5, 0.6) is 0 Å². The van der Waals surface area contributed by atoms with Crippen LogP contribution in [0.3, 0.4) is 0 Å². The van der Waals surface area contributed by atoms with E-state index in [1.165, 1.54) is 24.7 Å². The Hall–Kier alpha value is -2.96. The molecule has 12 heteroatoms. The number of imidazole rings is 1. The van der Waals surface area contributed by atoms with Crippen molar-refractivity contribution in [2.24, 2.45) is 0 Å². The zero-order valence-electron chi connectivity index (χ0n) is 15.7. The number of nitrogens with one attached hydrogen (secondary N) is 3. The maximum Gasteiger partial charge on any atom is 0.407 e. The fraction of sp³-hybridized carbons (Fsp3) is 0.263. The summed E-state index contributed by atoms with van der Waals surface area (Å²) in [5, 5.41) is 0. The quantitative estimate of drug-likeness (QED) is 0.419. The molecule has 0 aliphatic carbocycles. The molecule has 0 bridgehead atoms. The summed E-state index contributed by atoms with van der Waals surface area (Å²) < 4.78 is 81.3. The van der Waals surface area contributed by atoms with Crippen LogP contribution in [-0.4, -0.2) is 26.8 Å². The van der Waals surface area contributed by atoms with Crippen molar-refractivity contribution in [1.29, 1.82) is 0 Å². The van der Waals surface area contributed by atoms with Gasteiger partial charge in [0.05, 0.1) is 18.1 Å². The summed E-state index contributed by atoms with van der Waals surface area (Å²) in [5.41, 5.74) is 8.09. The van der Waals surface area contributed by atoms with Crippen molar-refractivity contribution in [3.05, 3.63) is 71.6 Å². The van der Waals surface area contributed by atoms with Gasteiger partial charge in [-0.25, -0.2) is 29.0 Å². The molecule has 1 fully saturated rings. The molecule has 1 saturated heterocycles. The smallest absolute Gasteiger partial charge is 0.336 e. The summed E-state index contributed by atoms with van der Waals surface area (Å²) in [6.45, 7) is 0.225. The van der Waals surface area contributed by atoms with Crippen molar-refractivity contribution in [1.82, 2.24) is 30.9 Å². The minimum atomic E-state index is -4.47. The number of hydrogen-bond donors (Lipinski definition) is 3. The van der Waals surface area contributed by atoms with Crippen molar-refractivity contribution in [2.75, 3.05) is 0 Å². The number of hydrogen-bond acceptors (Lipinski definition) is 5. The van der Waals surface area contributed by atoms with Crippen molar-refractivity contribution in [2.45, 2.75) is 31.2 Å². The highest BCUT2D eigenvalue weighted by Gasteiger charge is 2.48. The van der Waals surface area contributed by atoms with Crippen LogP contribution >= 0.6 is 0 Å². The van der Waals surface area contributed by atoms with E-state index in [2.05, 4.69) is 26.4 Å². The number of rotatable bonds is 5. The zero-order chi connectivity index (χ0) is 22.2. The Morgan fingerprint density at radius 1 is 0.935 bits per heavy atom. The van der Waals surface area contributed by atoms with Gasteiger partial charge in [-0.15, -0.1) is 0 Å². The Morgan fingerprint density at radius 3 is 2.48 bits per heavy atom. The number of halogens is 6. The normalized spacial score (nSPS) is 19.2. The summed E-state index contributed by atoms with van der Waals surface area (Å²) in [7, 11) is 0. The molecule has 4 rings (SSSR count). The molecule has 3 heterocycles. The highest BCUT2D eigenvalue weighted by atomic mass is 19.4. The first-order chi connectivity index (χ1) is 14.7. The topological polar surface area (TPSA) is 66.8 Å². The third kappa shape index (κ3) is 4.55. The number of alkyl halides is 3. The molecular weight excluding hydrogens is 426 g/mol. The maximum absolute atomic E-state index is 13.8. The van der Waals surface area contributed by atoms with E-state index >= 15 is 0 Å². The van der Waals surface area contributed by atoms with E-state index in [1.807, 2.05) is 0 Å². The summed E-state index contributed by atoms with van der Waals surface area (Å²) in [5.74, 6) is -3.24. The van der Waals surface area contributed by atoms with Crippen molar-refractivity contribution in [3.63, 3.8) is 0 Å². The molecule has 6 nitrogen and oxygen atoms in total. The third-order valence-corrected chi connectivity index (χ3v) is 4.91. The van der Waals surface area contributed by atoms with Crippen LogP contribution in [0.4, 0.5) is 26.3 Å². The molecule has 2 unspecified atom stereocenters. The Morgan fingerprint density at radius 2 is 1.71 bits per heavy atom. The van der Waals surface area contributed by atoms with Crippen LogP contribution in [0.1, 0.15) is 17.2 Å². The van der Waals surface area contributed by atoms with Gasteiger partial charge in [0.25, 0.3) is 0 Å². The van der Waals surface area contributed by atoms with Gasteiger partial charge >= 0.3 is 6.18 Å². The maximum atomic E-state index is 13.8. The lowest BCUT2D eigenvalue weighted by Gasteiger charge is -2.21. The summed E-state index contributed by atoms with van der Waals surface area (Å²) >= 11 is 0. The monoisotopic (exact) mass is 442 g/mol. The minimum Gasteiger partial charge on any atom is -0.336 e. The highest BCUT2D eigenvalue weighted by molar-refractivity contribution is 5.54. The van der Waals surface area contributed by atoms with E-state index in [4.69, 9.17) is 0 Å². The number of nitrogens with zero attached hydrogens (tertiary/aromatic N) is 3. The van der Waals surface area contributed by atoms with Crippen LogP contribution in [0.2, 0.25) is 0 Å². The van der Waals surface area contributed by atoms with Gasteiger partial charge < -0.3 is 4.57 Å². The van der Waals surface area contributed by atoms with Gasteiger partial charge in [0, 0.05) is 25.0 Å². The predicted octanol–water partition coefficient (Wildman–Crippen LogP) is 3.19. The lowest BCUT2D eigenvalue weighted by molar-refractivity contribution is -0.156. The molecule has 0 amide bonds. The van der Waals surface area contributed by atoms with Crippen LogP contribution in [0.15, 0.2) is 43.0 Å². The van der Waals surface area contributed by atoms with Crippen molar-refractivity contribution >= 4 is 0 Å². The largest absolute Gasteiger partial charge is 0.407 e. The van der Waals surface area contributed by atoms with Crippen LogP contribution in [-0.2, 0) is 13.0 Å². The number of hydrazine groups is 2. The van der Waals surface area contributed by atoms with E-state index in [0.29, 0.717) is 23.0 Å². The van der Waals surface area contributed by atoms with Gasteiger partial charge in [-0.05, 0) is 35.7 Å². The second-order valence-corrected chi connectivity index (χ2v) is 6.99. The van der Waals surface area contributed by atoms with Gasteiger partial charge in [0.15, 0.2) is 11.6 Å². The molecule has 1 aliphatic rings. The Balaban J connectivity index is 1.50. The van der Waals surface area contributed by atoms with Crippen molar-refractivity contribution in [3.8, 4) is 11.4 Å². The molecule has 164 valence electrons. The molecule has 31 heavy (non-hydrogen) atoms. The van der Waals surface area contributed by atoms with E-state index in [9.17, 15) is 26.3 Å². The Bertz CT molecular complexity index is 1080. The summed E-state index contributed by atoms with van der Waals surface area (Å²) in [6.07, 6.45) is 0.0264. The summed E-state index contributed by atoms with van der Waals surface area (Å²) in [4.78, 5) is 8.35. The molecule has 3 N–H and O–H groups in total. The first-order valence-electron chi connectivity index (χ1n) is 9.16. The molecule has 0 spiro atoms. The van der Waals surface area contributed by atoms with E-state index in [0.717, 1.165) is 6.07 Å². The molecular formula is C19H16F6N6. The lowest BCUT2D eigenvalue weighted by atomic mass is 10.0. The SMILES string of the molecule is Fc1cc(F)c(CCn2cnc(-c3cc(C4NNNC4C(F)(F)F)ccn3)c2)cc1F. The third-order valence-electron chi connectivity index (χ3n) is 4.91. The lowest BCUT2D eigenvalue weighted by Crippen LogP contribution is -2.43. The van der Waals surface area contributed by atoms with E-state index < -0.39 is 35.7 Å².